The predicted octanol–water partition coefficient (Wildman–Crippen LogP) is 1.10. The Morgan fingerprint density at radius 2 is 1.78 bits per heavy atom. The first-order valence-corrected chi connectivity index (χ1v) is 8.58. The molecule has 0 aromatic heterocycles. The van der Waals surface area contributed by atoms with Crippen molar-refractivity contribution in [2.24, 2.45) is 0 Å². The average Bonchev–Trinajstić information content (AvgIpc) is 2.62. The monoisotopic (exact) mass is 317 g/mol. The summed E-state index contributed by atoms with van der Waals surface area (Å²) in [5, 5.41) is 2.92. The molecule has 2 aliphatic heterocycles. The van der Waals surface area contributed by atoms with Crippen molar-refractivity contribution in [3.05, 3.63) is 35.9 Å². The highest BCUT2D eigenvalue weighted by atomic mass is 16.5. The van der Waals surface area contributed by atoms with Gasteiger partial charge >= 0.3 is 0 Å². The van der Waals surface area contributed by atoms with Crippen LogP contribution in [0.4, 0.5) is 0 Å². The van der Waals surface area contributed by atoms with Crippen LogP contribution in [0.3, 0.4) is 0 Å². The third-order valence-corrected chi connectivity index (χ3v) is 5.23. The van der Waals surface area contributed by atoms with E-state index in [9.17, 15) is 4.79 Å². The number of carbonyl (C=O) groups excluding carboxylic acids is 1. The van der Waals surface area contributed by atoms with Gasteiger partial charge in [0.15, 0.2) is 0 Å². The van der Waals surface area contributed by atoms with Gasteiger partial charge < -0.3 is 10.1 Å². The molecular formula is C18H27N3O2. The molecule has 0 unspecified atom stereocenters. The Kier molecular flexibility index (Phi) is 5.65. The number of nitrogens with zero attached hydrogens (tertiary/aromatic N) is 2. The van der Waals surface area contributed by atoms with E-state index in [0.29, 0.717) is 0 Å². The second-order valence-corrected chi connectivity index (χ2v) is 6.58. The fourth-order valence-corrected chi connectivity index (χ4v) is 3.81. The minimum Gasteiger partial charge on any atom is -0.381 e. The molecule has 2 heterocycles. The number of nitrogens with one attached hydrogen (secondary N) is 1. The van der Waals surface area contributed by atoms with Crippen LogP contribution >= 0.6 is 0 Å². The summed E-state index contributed by atoms with van der Waals surface area (Å²) in [5.41, 5.74) is 1.46. The van der Waals surface area contributed by atoms with Crippen molar-refractivity contribution < 1.29 is 9.53 Å². The number of amides is 1. The topological polar surface area (TPSA) is 44.8 Å². The maximum atomic E-state index is 10.8. The van der Waals surface area contributed by atoms with E-state index < -0.39 is 0 Å². The normalized spacial score (nSPS) is 22.6. The van der Waals surface area contributed by atoms with Crippen LogP contribution in [0.15, 0.2) is 30.3 Å². The number of carbonyl (C=O) groups is 1. The summed E-state index contributed by atoms with van der Waals surface area (Å²) < 4.78 is 5.54. The van der Waals surface area contributed by atoms with Gasteiger partial charge in [-0.05, 0) is 18.4 Å². The van der Waals surface area contributed by atoms with Crippen molar-refractivity contribution in [3.63, 3.8) is 0 Å². The van der Waals surface area contributed by atoms with Crippen LogP contribution in [0.1, 0.15) is 18.4 Å². The highest BCUT2D eigenvalue weighted by Gasteiger charge is 2.39. The summed E-state index contributed by atoms with van der Waals surface area (Å²) in [6, 6.07) is 10.7. The zero-order valence-corrected chi connectivity index (χ0v) is 13.7. The molecule has 23 heavy (non-hydrogen) atoms. The maximum absolute atomic E-state index is 10.8. The zero-order valence-electron chi connectivity index (χ0n) is 13.7. The Morgan fingerprint density at radius 1 is 1.09 bits per heavy atom. The third-order valence-electron chi connectivity index (χ3n) is 5.23. The van der Waals surface area contributed by atoms with E-state index in [2.05, 4.69) is 45.4 Å². The maximum Gasteiger partial charge on any atom is 0.207 e. The van der Waals surface area contributed by atoms with Crippen LogP contribution < -0.4 is 5.32 Å². The number of piperazine rings is 1. The fraction of sp³-hybridized carbons (Fsp3) is 0.611. The van der Waals surface area contributed by atoms with Gasteiger partial charge in [-0.2, -0.15) is 0 Å². The number of ether oxygens (including phenoxy) is 1. The lowest BCUT2D eigenvalue weighted by molar-refractivity contribution is -0.111. The molecule has 1 N–H and O–H groups in total. The lowest BCUT2D eigenvalue weighted by Crippen LogP contribution is -2.62. The van der Waals surface area contributed by atoms with E-state index in [-0.39, 0.29) is 5.54 Å². The van der Waals surface area contributed by atoms with Crippen LogP contribution in [0.5, 0.6) is 0 Å². The summed E-state index contributed by atoms with van der Waals surface area (Å²) >= 11 is 0. The highest BCUT2D eigenvalue weighted by molar-refractivity contribution is 5.46. The van der Waals surface area contributed by atoms with Gasteiger partial charge in [-0.1, -0.05) is 30.3 Å². The second kappa shape index (κ2) is 7.90. The molecule has 126 valence electrons. The molecule has 0 saturated carbocycles. The molecule has 2 aliphatic rings. The number of hydrogen-bond donors (Lipinski definition) is 1. The summed E-state index contributed by atoms with van der Waals surface area (Å²) in [7, 11) is 0. The Morgan fingerprint density at radius 3 is 2.43 bits per heavy atom. The van der Waals surface area contributed by atoms with Crippen molar-refractivity contribution in [1.29, 1.82) is 0 Å². The molecule has 1 aromatic carbocycles. The van der Waals surface area contributed by atoms with Crippen LogP contribution in [0.25, 0.3) is 0 Å². The first-order chi connectivity index (χ1) is 11.3. The highest BCUT2D eigenvalue weighted by Crippen LogP contribution is 2.28. The third kappa shape index (κ3) is 4.10. The van der Waals surface area contributed by atoms with Gasteiger partial charge in [-0.15, -0.1) is 0 Å². The Labute approximate surface area is 138 Å². The molecule has 2 saturated heterocycles. The number of hydrogen-bond acceptors (Lipinski definition) is 4. The van der Waals surface area contributed by atoms with Gasteiger partial charge in [-0.3, -0.25) is 14.6 Å². The summed E-state index contributed by atoms with van der Waals surface area (Å²) in [6.45, 7) is 7.64. The van der Waals surface area contributed by atoms with Gasteiger partial charge in [0.25, 0.3) is 0 Å². The van der Waals surface area contributed by atoms with Crippen molar-refractivity contribution in [1.82, 2.24) is 15.1 Å². The van der Waals surface area contributed by atoms with E-state index in [4.69, 9.17) is 4.74 Å². The molecular weight excluding hydrogens is 290 g/mol. The summed E-state index contributed by atoms with van der Waals surface area (Å²) in [5.74, 6) is 0. The van der Waals surface area contributed by atoms with Crippen molar-refractivity contribution in [2.75, 3.05) is 45.9 Å². The average molecular weight is 317 g/mol. The van der Waals surface area contributed by atoms with Crippen LogP contribution in [0, 0.1) is 0 Å². The molecule has 5 heteroatoms. The molecule has 1 amide bonds. The SMILES string of the molecule is O=CNCC1(N2CCN(Cc3ccccc3)CC2)CCOCC1. The van der Waals surface area contributed by atoms with Gasteiger partial charge in [0, 0.05) is 58.0 Å². The minimum atomic E-state index is 0.0813. The van der Waals surface area contributed by atoms with Gasteiger partial charge in [-0.25, -0.2) is 0 Å². The Hall–Kier alpha value is -1.43. The fourth-order valence-electron chi connectivity index (χ4n) is 3.81. The Bertz CT molecular complexity index is 480. The Balaban J connectivity index is 1.56. The molecule has 0 aliphatic carbocycles. The first kappa shape index (κ1) is 16.4. The van der Waals surface area contributed by atoms with Crippen molar-refractivity contribution >= 4 is 6.41 Å². The van der Waals surface area contributed by atoms with E-state index in [1.807, 2.05) is 0 Å². The summed E-state index contributed by atoms with van der Waals surface area (Å²) in [6.07, 6.45) is 2.84. The molecule has 5 nitrogen and oxygen atoms in total. The smallest absolute Gasteiger partial charge is 0.207 e. The van der Waals surface area contributed by atoms with Crippen molar-refractivity contribution in [2.45, 2.75) is 24.9 Å². The number of benzene rings is 1. The molecule has 0 spiro atoms. The largest absolute Gasteiger partial charge is 0.381 e. The quantitative estimate of drug-likeness (QED) is 0.798. The van der Waals surface area contributed by atoms with Crippen LogP contribution in [0.2, 0.25) is 0 Å². The van der Waals surface area contributed by atoms with E-state index in [1.165, 1.54) is 5.56 Å². The second-order valence-electron chi connectivity index (χ2n) is 6.58. The molecule has 3 rings (SSSR count). The van der Waals surface area contributed by atoms with Crippen LogP contribution in [-0.4, -0.2) is 67.7 Å². The molecule has 0 bridgehead atoms. The van der Waals surface area contributed by atoms with Crippen LogP contribution in [-0.2, 0) is 16.1 Å². The summed E-state index contributed by atoms with van der Waals surface area (Å²) in [4.78, 5) is 15.9. The minimum absolute atomic E-state index is 0.0813. The van der Waals surface area contributed by atoms with E-state index in [0.717, 1.165) is 71.7 Å². The standard InChI is InChI=1S/C18H27N3O2/c22-16-19-15-18(6-12-23-13-7-18)21-10-8-20(9-11-21)14-17-4-2-1-3-5-17/h1-5,16H,6-15H2,(H,19,22). The number of rotatable bonds is 6. The molecule has 0 radical (unpaired) electrons. The van der Waals surface area contributed by atoms with Gasteiger partial charge in [0.1, 0.15) is 0 Å². The molecule has 2 fully saturated rings. The predicted molar refractivity (Wildman–Crippen MR) is 90.1 cm³/mol. The molecule has 1 aromatic rings. The zero-order chi connectivity index (χ0) is 16.0. The van der Waals surface area contributed by atoms with E-state index in [1.54, 1.807) is 0 Å². The lowest BCUT2D eigenvalue weighted by Gasteiger charge is -2.49. The molecule has 0 atom stereocenters. The first-order valence-electron chi connectivity index (χ1n) is 8.58. The van der Waals surface area contributed by atoms with Gasteiger partial charge in [0.05, 0.1) is 0 Å². The van der Waals surface area contributed by atoms with Gasteiger partial charge in [0.2, 0.25) is 6.41 Å². The van der Waals surface area contributed by atoms with Crippen molar-refractivity contribution in [3.8, 4) is 0 Å². The lowest BCUT2D eigenvalue weighted by atomic mass is 9.87. The van der Waals surface area contributed by atoms with E-state index >= 15 is 0 Å².